The molecule has 0 bridgehead atoms. The van der Waals surface area contributed by atoms with Crippen LogP contribution in [0.15, 0.2) is 0 Å². The lowest BCUT2D eigenvalue weighted by Gasteiger charge is -2.36. The smallest absolute Gasteiger partial charge is 0.223 e. The number of amides is 2. The zero-order chi connectivity index (χ0) is 21.5. The predicted octanol–water partition coefficient (Wildman–Crippen LogP) is 1.86. The number of carbonyl (C=O) groups excluding carboxylic acids is 2. The second kappa shape index (κ2) is 11.6. The maximum Gasteiger partial charge on any atom is 0.223 e. The largest absolute Gasteiger partial charge is 0.375 e. The maximum atomic E-state index is 12.5. The number of hydrogen-bond acceptors (Lipinski definition) is 5. The van der Waals surface area contributed by atoms with Gasteiger partial charge in [-0.15, -0.1) is 0 Å². The van der Waals surface area contributed by atoms with Crippen molar-refractivity contribution in [3.63, 3.8) is 0 Å². The molecule has 7 heteroatoms. The van der Waals surface area contributed by atoms with E-state index in [1.807, 2.05) is 0 Å². The van der Waals surface area contributed by atoms with E-state index < -0.39 is 0 Å². The molecule has 0 atom stereocenters. The van der Waals surface area contributed by atoms with E-state index in [-0.39, 0.29) is 23.7 Å². The first-order valence-corrected chi connectivity index (χ1v) is 12.8. The van der Waals surface area contributed by atoms with Crippen LogP contribution in [0.5, 0.6) is 0 Å². The third-order valence-electron chi connectivity index (χ3n) is 7.85. The van der Waals surface area contributed by atoms with E-state index in [2.05, 4.69) is 21.3 Å². The molecular weight excluding hydrogens is 392 g/mol. The van der Waals surface area contributed by atoms with Crippen molar-refractivity contribution in [3.05, 3.63) is 0 Å². The van der Waals surface area contributed by atoms with Crippen molar-refractivity contribution in [2.75, 3.05) is 26.2 Å². The molecule has 4 aliphatic rings. The number of nitrogens with one attached hydrogen (secondary N) is 4. The fourth-order valence-corrected chi connectivity index (χ4v) is 5.76. The molecule has 4 fully saturated rings. The van der Waals surface area contributed by atoms with Crippen LogP contribution in [0, 0.1) is 11.8 Å². The van der Waals surface area contributed by atoms with Gasteiger partial charge in [0.15, 0.2) is 0 Å². The quantitative estimate of drug-likeness (QED) is 0.512. The van der Waals surface area contributed by atoms with Crippen LogP contribution in [-0.4, -0.2) is 62.3 Å². The van der Waals surface area contributed by atoms with Gasteiger partial charge in [0.2, 0.25) is 11.8 Å². The molecular formula is C24H42N4O3. The monoisotopic (exact) mass is 434 g/mol. The van der Waals surface area contributed by atoms with Crippen molar-refractivity contribution in [1.29, 1.82) is 0 Å². The summed E-state index contributed by atoms with van der Waals surface area (Å²) in [6.45, 7) is 3.84. The Morgan fingerprint density at radius 2 is 0.903 bits per heavy atom. The van der Waals surface area contributed by atoms with Gasteiger partial charge < -0.3 is 26.0 Å². The van der Waals surface area contributed by atoms with E-state index in [1.54, 1.807) is 0 Å². The van der Waals surface area contributed by atoms with Crippen LogP contribution in [0.4, 0.5) is 0 Å². The van der Waals surface area contributed by atoms with Gasteiger partial charge >= 0.3 is 0 Å². The third kappa shape index (κ3) is 6.90. The molecule has 2 saturated heterocycles. The molecule has 0 aromatic carbocycles. The molecule has 4 N–H and O–H groups in total. The number of piperidine rings is 2. The van der Waals surface area contributed by atoms with Gasteiger partial charge in [-0.2, -0.15) is 0 Å². The Morgan fingerprint density at radius 3 is 1.26 bits per heavy atom. The molecule has 2 saturated carbocycles. The van der Waals surface area contributed by atoms with Crippen LogP contribution in [0.2, 0.25) is 0 Å². The molecule has 0 aromatic heterocycles. The summed E-state index contributed by atoms with van der Waals surface area (Å²) in [4.78, 5) is 24.9. The first kappa shape index (κ1) is 23.0. The van der Waals surface area contributed by atoms with Crippen molar-refractivity contribution in [3.8, 4) is 0 Å². The molecule has 0 unspecified atom stereocenters. The lowest BCUT2D eigenvalue weighted by atomic mass is 9.89. The SMILES string of the molecule is O=C(NC1CCC(OC2CCC(NC(=O)C3CCNCC3)CC2)CC1)C1CCNCC1. The van der Waals surface area contributed by atoms with Crippen LogP contribution in [0.25, 0.3) is 0 Å². The van der Waals surface area contributed by atoms with Gasteiger partial charge in [-0.1, -0.05) is 0 Å². The predicted molar refractivity (Wildman–Crippen MR) is 121 cm³/mol. The Morgan fingerprint density at radius 1 is 0.548 bits per heavy atom. The minimum atomic E-state index is 0.195. The molecule has 0 aromatic rings. The van der Waals surface area contributed by atoms with Gasteiger partial charge in [0, 0.05) is 23.9 Å². The molecule has 31 heavy (non-hydrogen) atoms. The second-order valence-electron chi connectivity index (χ2n) is 10.1. The Hall–Kier alpha value is -1.18. The Balaban J connectivity index is 1.09. The summed E-state index contributed by atoms with van der Waals surface area (Å²) in [5.41, 5.74) is 0. The van der Waals surface area contributed by atoms with E-state index in [0.29, 0.717) is 24.3 Å². The molecule has 0 spiro atoms. The number of ether oxygens (including phenoxy) is 1. The van der Waals surface area contributed by atoms with Gasteiger partial charge in [0.05, 0.1) is 12.2 Å². The normalized spacial score (nSPS) is 33.5. The van der Waals surface area contributed by atoms with Crippen LogP contribution >= 0.6 is 0 Å². The third-order valence-corrected chi connectivity index (χ3v) is 7.85. The van der Waals surface area contributed by atoms with E-state index >= 15 is 0 Å². The maximum absolute atomic E-state index is 12.5. The fraction of sp³-hybridized carbons (Fsp3) is 0.917. The molecule has 2 amide bonds. The second-order valence-corrected chi connectivity index (χ2v) is 10.1. The van der Waals surface area contributed by atoms with Crippen LogP contribution in [-0.2, 0) is 14.3 Å². The van der Waals surface area contributed by atoms with Gasteiger partial charge in [0.25, 0.3) is 0 Å². The number of carbonyl (C=O) groups is 2. The highest BCUT2D eigenvalue weighted by Gasteiger charge is 2.30. The summed E-state index contributed by atoms with van der Waals surface area (Å²) >= 11 is 0. The first-order chi connectivity index (χ1) is 15.2. The molecule has 176 valence electrons. The van der Waals surface area contributed by atoms with Crippen LogP contribution in [0.3, 0.4) is 0 Å². The zero-order valence-electron chi connectivity index (χ0n) is 19.0. The summed E-state index contributed by atoms with van der Waals surface area (Å²) in [5, 5.41) is 13.2. The minimum Gasteiger partial charge on any atom is -0.375 e. The van der Waals surface area contributed by atoms with Crippen molar-refractivity contribution >= 4 is 11.8 Å². The standard InChI is InChI=1S/C24H42N4O3/c29-23(17-9-13-25-14-10-17)27-19-1-5-21(6-2-19)31-22-7-3-20(4-8-22)28-24(30)18-11-15-26-16-12-18/h17-22,25-26H,1-16H2,(H,27,29)(H,28,30). The molecule has 2 aliphatic heterocycles. The first-order valence-electron chi connectivity index (χ1n) is 12.8. The van der Waals surface area contributed by atoms with E-state index in [1.165, 1.54) is 0 Å². The Kier molecular flexibility index (Phi) is 8.62. The summed E-state index contributed by atoms with van der Waals surface area (Å²) in [5.74, 6) is 0.910. The van der Waals surface area contributed by atoms with E-state index in [4.69, 9.17) is 4.74 Å². The summed E-state index contributed by atoms with van der Waals surface area (Å²) in [6, 6.07) is 0.645. The molecule has 2 heterocycles. The minimum absolute atomic E-state index is 0.195. The van der Waals surface area contributed by atoms with E-state index in [0.717, 1.165) is 103 Å². The van der Waals surface area contributed by atoms with Crippen molar-refractivity contribution in [2.45, 2.75) is 101 Å². The van der Waals surface area contributed by atoms with Crippen molar-refractivity contribution in [2.24, 2.45) is 11.8 Å². The Bertz CT molecular complexity index is 523. The summed E-state index contributed by atoms with van der Waals surface area (Å²) < 4.78 is 6.43. The van der Waals surface area contributed by atoms with Crippen LogP contribution in [0.1, 0.15) is 77.0 Å². The summed E-state index contributed by atoms with van der Waals surface area (Å²) in [7, 11) is 0. The van der Waals surface area contributed by atoms with Gasteiger partial charge in [-0.05, 0) is 103 Å². The lowest BCUT2D eigenvalue weighted by molar-refractivity contribution is -0.127. The fourth-order valence-electron chi connectivity index (χ4n) is 5.76. The highest BCUT2D eigenvalue weighted by Crippen LogP contribution is 2.28. The highest BCUT2D eigenvalue weighted by molar-refractivity contribution is 5.79. The highest BCUT2D eigenvalue weighted by atomic mass is 16.5. The summed E-state index contributed by atoms with van der Waals surface area (Å²) in [6.07, 6.45) is 12.8. The van der Waals surface area contributed by atoms with Gasteiger partial charge in [-0.3, -0.25) is 9.59 Å². The number of rotatable bonds is 6. The molecule has 2 aliphatic carbocycles. The van der Waals surface area contributed by atoms with Gasteiger partial charge in [0.1, 0.15) is 0 Å². The van der Waals surface area contributed by atoms with E-state index in [9.17, 15) is 9.59 Å². The van der Waals surface area contributed by atoms with Crippen molar-refractivity contribution in [1.82, 2.24) is 21.3 Å². The zero-order valence-corrected chi connectivity index (χ0v) is 19.0. The van der Waals surface area contributed by atoms with Gasteiger partial charge in [-0.25, -0.2) is 0 Å². The average Bonchev–Trinajstić information content (AvgIpc) is 2.82. The molecule has 0 radical (unpaired) electrons. The molecule has 4 rings (SSSR count). The number of hydrogen-bond donors (Lipinski definition) is 4. The van der Waals surface area contributed by atoms with Crippen LogP contribution < -0.4 is 21.3 Å². The van der Waals surface area contributed by atoms with Crippen molar-refractivity contribution < 1.29 is 14.3 Å². The topological polar surface area (TPSA) is 91.5 Å². The average molecular weight is 435 g/mol. The lowest BCUT2D eigenvalue weighted by Crippen LogP contribution is -2.46. The Labute approximate surface area is 187 Å². The molecule has 7 nitrogen and oxygen atoms in total.